The first kappa shape index (κ1) is 16.3. The van der Waals surface area contributed by atoms with Gasteiger partial charge >= 0.3 is 6.03 Å². The van der Waals surface area contributed by atoms with Crippen molar-refractivity contribution in [3.8, 4) is 0 Å². The predicted octanol–water partition coefficient (Wildman–Crippen LogP) is 0.751. The predicted molar refractivity (Wildman–Crippen MR) is 85.4 cm³/mol. The van der Waals surface area contributed by atoms with Gasteiger partial charge in [0.1, 0.15) is 5.76 Å². The van der Waals surface area contributed by atoms with Crippen LogP contribution >= 0.6 is 0 Å². The Labute approximate surface area is 139 Å². The number of nitrogens with one attached hydrogen (secondary N) is 1. The summed E-state index contributed by atoms with van der Waals surface area (Å²) in [6.45, 7) is 2.15. The van der Waals surface area contributed by atoms with Gasteiger partial charge in [0.05, 0.1) is 31.7 Å². The van der Waals surface area contributed by atoms with Gasteiger partial charge in [-0.2, -0.15) is 5.10 Å². The van der Waals surface area contributed by atoms with Gasteiger partial charge in [-0.1, -0.05) is 0 Å². The zero-order chi connectivity index (χ0) is 16.9. The van der Waals surface area contributed by atoms with E-state index in [1.807, 2.05) is 0 Å². The summed E-state index contributed by atoms with van der Waals surface area (Å²) in [7, 11) is 1.59. The minimum absolute atomic E-state index is 0.177. The number of hydrogen-bond donors (Lipinski definition) is 1. The highest BCUT2D eigenvalue weighted by molar-refractivity contribution is 5.74. The Bertz CT molecular complexity index is 754. The van der Waals surface area contributed by atoms with Crippen molar-refractivity contribution in [3.05, 3.63) is 51.8 Å². The standard InChI is InChI=1S/C16H20N4O4/c1-23-8-6-20-15(21)9-12-11-19(5-4-14(12)18-20)16(22)17-10-13-3-2-7-24-13/h2-3,7,9H,4-6,8,10-11H2,1H3,(H,17,22). The van der Waals surface area contributed by atoms with E-state index in [1.165, 1.54) is 4.68 Å². The molecular formula is C16H20N4O4. The molecule has 24 heavy (non-hydrogen) atoms. The van der Waals surface area contributed by atoms with Gasteiger partial charge in [-0.05, 0) is 12.1 Å². The molecule has 0 saturated heterocycles. The maximum Gasteiger partial charge on any atom is 0.318 e. The van der Waals surface area contributed by atoms with Crippen molar-refractivity contribution in [1.29, 1.82) is 0 Å². The Morgan fingerprint density at radius 2 is 2.38 bits per heavy atom. The van der Waals surface area contributed by atoms with E-state index < -0.39 is 0 Å². The van der Waals surface area contributed by atoms with Gasteiger partial charge in [0.15, 0.2) is 0 Å². The Morgan fingerprint density at radius 3 is 3.12 bits per heavy atom. The zero-order valence-electron chi connectivity index (χ0n) is 13.5. The highest BCUT2D eigenvalue weighted by atomic mass is 16.5. The fourth-order valence-corrected chi connectivity index (χ4v) is 2.64. The van der Waals surface area contributed by atoms with E-state index >= 15 is 0 Å². The molecule has 1 aliphatic heterocycles. The molecule has 2 aromatic rings. The lowest BCUT2D eigenvalue weighted by atomic mass is 10.1. The number of amides is 2. The summed E-state index contributed by atoms with van der Waals surface area (Å²) in [4.78, 5) is 26.0. The maximum absolute atomic E-state index is 12.2. The number of fused-ring (bicyclic) bond motifs is 1. The van der Waals surface area contributed by atoms with Crippen LogP contribution in [0.15, 0.2) is 33.7 Å². The second kappa shape index (κ2) is 7.31. The Morgan fingerprint density at radius 1 is 1.50 bits per heavy atom. The summed E-state index contributed by atoms with van der Waals surface area (Å²) in [6, 6.07) is 4.96. The summed E-state index contributed by atoms with van der Waals surface area (Å²) in [5.41, 5.74) is 1.48. The smallest absolute Gasteiger partial charge is 0.318 e. The molecule has 0 radical (unpaired) electrons. The topological polar surface area (TPSA) is 89.6 Å². The molecule has 3 heterocycles. The maximum atomic E-state index is 12.2. The normalized spacial score (nSPS) is 13.6. The number of urea groups is 1. The molecule has 2 aromatic heterocycles. The van der Waals surface area contributed by atoms with Gasteiger partial charge in [0.2, 0.25) is 0 Å². The molecule has 3 rings (SSSR count). The molecule has 2 amide bonds. The fourth-order valence-electron chi connectivity index (χ4n) is 2.64. The van der Waals surface area contributed by atoms with Gasteiger partial charge in [-0.3, -0.25) is 4.79 Å². The van der Waals surface area contributed by atoms with E-state index in [-0.39, 0.29) is 11.6 Å². The van der Waals surface area contributed by atoms with E-state index in [4.69, 9.17) is 9.15 Å². The minimum atomic E-state index is -0.180. The average Bonchev–Trinajstić information content (AvgIpc) is 3.11. The third-order valence-corrected chi connectivity index (χ3v) is 3.93. The van der Waals surface area contributed by atoms with E-state index in [9.17, 15) is 9.59 Å². The van der Waals surface area contributed by atoms with Gasteiger partial charge in [0.25, 0.3) is 5.56 Å². The molecule has 0 unspecified atom stereocenters. The van der Waals surface area contributed by atoms with Crippen molar-refractivity contribution in [2.45, 2.75) is 26.1 Å². The molecule has 0 spiro atoms. The Kier molecular flexibility index (Phi) is 4.95. The molecule has 1 N–H and O–H groups in total. The van der Waals surface area contributed by atoms with E-state index in [0.717, 1.165) is 11.3 Å². The number of carbonyl (C=O) groups is 1. The van der Waals surface area contributed by atoms with E-state index in [0.29, 0.717) is 45.0 Å². The molecular weight excluding hydrogens is 312 g/mol. The number of ether oxygens (including phenoxy) is 1. The van der Waals surface area contributed by atoms with Crippen molar-refractivity contribution in [3.63, 3.8) is 0 Å². The third kappa shape index (κ3) is 3.65. The van der Waals surface area contributed by atoms with E-state index in [2.05, 4.69) is 10.4 Å². The molecule has 8 heteroatoms. The van der Waals surface area contributed by atoms with E-state index in [1.54, 1.807) is 36.5 Å². The first-order valence-electron chi connectivity index (χ1n) is 7.81. The fraction of sp³-hybridized carbons (Fsp3) is 0.438. The molecule has 0 atom stereocenters. The number of furan rings is 1. The van der Waals surface area contributed by atoms with Crippen LogP contribution in [0.1, 0.15) is 17.0 Å². The number of methoxy groups -OCH3 is 1. The lowest BCUT2D eigenvalue weighted by molar-refractivity contribution is 0.179. The quantitative estimate of drug-likeness (QED) is 0.873. The van der Waals surface area contributed by atoms with Crippen LogP contribution in [-0.4, -0.2) is 41.0 Å². The number of hydrogen-bond acceptors (Lipinski definition) is 5. The van der Waals surface area contributed by atoms with Gasteiger partial charge in [0, 0.05) is 38.2 Å². The monoisotopic (exact) mass is 332 g/mol. The van der Waals surface area contributed by atoms with Crippen LogP contribution in [0.4, 0.5) is 4.79 Å². The van der Waals surface area contributed by atoms with Crippen LogP contribution in [0.2, 0.25) is 0 Å². The van der Waals surface area contributed by atoms with Gasteiger partial charge in [-0.25, -0.2) is 9.48 Å². The van der Waals surface area contributed by atoms with Gasteiger partial charge < -0.3 is 19.4 Å². The third-order valence-electron chi connectivity index (χ3n) is 3.93. The summed E-state index contributed by atoms with van der Waals surface area (Å²) in [6.07, 6.45) is 2.19. The molecule has 8 nitrogen and oxygen atoms in total. The molecule has 0 aromatic carbocycles. The molecule has 0 aliphatic carbocycles. The SMILES string of the molecule is COCCn1nc2c(cc1=O)CN(C(=O)NCc1ccco1)CC2. The minimum Gasteiger partial charge on any atom is -0.467 e. The lowest BCUT2D eigenvalue weighted by Crippen LogP contribution is -2.43. The van der Waals surface area contributed by atoms with Crippen LogP contribution < -0.4 is 10.9 Å². The average molecular weight is 332 g/mol. The van der Waals surface area contributed by atoms with Gasteiger partial charge in [-0.15, -0.1) is 0 Å². The summed E-state index contributed by atoms with van der Waals surface area (Å²) in [5, 5.41) is 7.19. The highest BCUT2D eigenvalue weighted by Crippen LogP contribution is 2.15. The highest BCUT2D eigenvalue weighted by Gasteiger charge is 2.22. The Hall–Kier alpha value is -2.61. The molecule has 0 saturated carbocycles. The summed E-state index contributed by atoms with van der Waals surface area (Å²) < 4.78 is 11.6. The summed E-state index contributed by atoms with van der Waals surface area (Å²) >= 11 is 0. The second-order valence-corrected chi connectivity index (χ2v) is 5.58. The first-order chi connectivity index (χ1) is 11.7. The molecule has 0 fully saturated rings. The van der Waals surface area contributed by atoms with Crippen molar-refractivity contribution in [2.24, 2.45) is 0 Å². The van der Waals surface area contributed by atoms with Crippen molar-refractivity contribution in [2.75, 3.05) is 20.3 Å². The number of aromatic nitrogens is 2. The largest absolute Gasteiger partial charge is 0.467 e. The lowest BCUT2D eigenvalue weighted by Gasteiger charge is -2.28. The molecule has 0 bridgehead atoms. The van der Waals surface area contributed by atoms with Crippen LogP contribution in [-0.2, 0) is 30.8 Å². The van der Waals surface area contributed by atoms with Crippen LogP contribution in [0, 0.1) is 0 Å². The number of carbonyl (C=O) groups excluding carboxylic acids is 1. The molecule has 128 valence electrons. The van der Waals surface area contributed by atoms with Crippen molar-refractivity contribution >= 4 is 6.03 Å². The van der Waals surface area contributed by atoms with Crippen LogP contribution in [0.5, 0.6) is 0 Å². The van der Waals surface area contributed by atoms with Crippen molar-refractivity contribution in [1.82, 2.24) is 20.0 Å². The number of nitrogens with zero attached hydrogens (tertiary/aromatic N) is 3. The van der Waals surface area contributed by atoms with Crippen molar-refractivity contribution < 1.29 is 13.9 Å². The van der Waals surface area contributed by atoms with Crippen LogP contribution in [0.3, 0.4) is 0 Å². The Balaban J connectivity index is 1.64. The van der Waals surface area contributed by atoms with Crippen LogP contribution in [0.25, 0.3) is 0 Å². The molecule has 1 aliphatic rings. The zero-order valence-corrected chi connectivity index (χ0v) is 13.5. The number of rotatable bonds is 5. The second-order valence-electron chi connectivity index (χ2n) is 5.58. The summed E-state index contributed by atoms with van der Waals surface area (Å²) in [5.74, 6) is 0.698. The first-order valence-corrected chi connectivity index (χ1v) is 7.81.